The molecule has 0 amide bonds. The number of ketones is 1. The summed E-state index contributed by atoms with van der Waals surface area (Å²) in [6.07, 6.45) is 4.88. The first kappa shape index (κ1) is 34.9. The number of nitrogens with one attached hydrogen (secondary N) is 2. The fourth-order valence-electron chi connectivity index (χ4n) is 8.89. The van der Waals surface area contributed by atoms with E-state index in [0.717, 1.165) is 51.6 Å². The average molecular weight is 636 g/mol. The zero-order valence-corrected chi connectivity index (χ0v) is 27.4. The van der Waals surface area contributed by atoms with Crippen LogP contribution in [0.5, 0.6) is 0 Å². The third-order valence-electron chi connectivity index (χ3n) is 11.5. The summed E-state index contributed by atoms with van der Waals surface area (Å²) in [6, 6.07) is 0. The van der Waals surface area contributed by atoms with E-state index in [2.05, 4.69) is 10.6 Å². The standard InChI is InChI=1S/C34H57N3O8/c1-4-20(17-36-5-2)33(42)44-26-15-24-30(41)29-25(40)14-23(18-38)43-32(29)28(21-7-6-8-22(39)13-21)31(24)45-34(26,3)12-11-19-9-10-27(35)37-16-19/h4,19,21-24,26-32,36-39,41H,5-18,35H2,1-3H3/t19?,21?,22?,23?,24?,26-,27?,28?,29?,30?,31?,32?,34-/m0/s1. The van der Waals surface area contributed by atoms with Gasteiger partial charge in [-0.1, -0.05) is 19.4 Å². The highest BCUT2D eigenvalue weighted by Gasteiger charge is 2.62. The van der Waals surface area contributed by atoms with Crippen molar-refractivity contribution < 1.29 is 39.1 Å². The van der Waals surface area contributed by atoms with Crippen molar-refractivity contribution in [2.45, 2.75) is 133 Å². The van der Waals surface area contributed by atoms with Gasteiger partial charge in [0.05, 0.1) is 49.2 Å². The van der Waals surface area contributed by atoms with Gasteiger partial charge in [-0.3, -0.25) is 4.79 Å². The minimum Gasteiger partial charge on any atom is -0.456 e. The Morgan fingerprint density at radius 3 is 2.67 bits per heavy atom. The molecule has 3 heterocycles. The summed E-state index contributed by atoms with van der Waals surface area (Å²) in [7, 11) is 0. The Labute approximate surface area is 268 Å². The van der Waals surface area contributed by atoms with Crippen LogP contribution < -0.4 is 16.4 Å². The minimum absolute atomic E-state index is 0.0115. The first-order valence-corrected chi connectivity index (χ1v) is 17.5. The van der Waals surface area contributed by atoms with E-state index in [9.17, 15) is 24.9 Å². The highest BCUT2D eigenvalue weighted by atomic mass is 16.6. The molecule has 0 radical (unpaired) electrons. The van der Waals surface area contributed by atoms with Crippen molar-refractivity contribution in [1.82, 2.24) is 10.6 Å². The molecule has 5 rings (SSSR count). The van der Waals surface area contributed by atoms with Crippen LogP contribution in [0.1, 0.15) is 85.0 Å². The molecule has 11 heteroatoms. The lowest BCUT2D eigenvalue weighted by Gasteiger charge is -2.59. The fraction of sp³-hybridized carbons (Fsp3) is 0.882. The molecule has 3 aliphatic heterocycles. The van der Waals surface area contributed by atoms with Crippen molar-refractivity contribution >= 4 is 11.8 Å². The van der Waals surface area contributed by atoms with Gasteiger partial charge in [0.15, 0.2) is 0 Å². The number of fused-ring (bicyclic) bond motifs is 2. The smallest absolute Gasteiger partial charge is 0.335 e. The number of rotatable bonds is 10. The Balaban J connectivity index is 1.47. The van der Waals surface area contributed by atoms with Gasteiger partial charge in [-0.15, -0.1) is 0 Å². The molecule has 45 heavy (non-hydrogen) atoms. The number of aliphatic hydroxyl groups is 3. The minimum atomic E-state index is -1.03. The number of esters is 1. The monoisotopic (exact) mass is 635 g/mol. The molecule has 2 aliphatic carbocycles. The molecule has 256 valence electrons. The molecule has 13 atom stereocenters. The maximum atomic E-state index is 13.5. The van der Waals surface area contributed by atoms with Gasteiger partial charge < -0.3 is 45.9 Å². The summed E-state index contributed by atoms with van der Waals surface area (Å²) in [6.45, 7) is 7.50. The number of nitrogens with two attached hydrogens (primary N) is 1. The number of carbonyl (C=O) groups excluding carboxylic acids is 2. The number of carbonyl (C=O) groups is 2. The molecule has 0 aromatic carbocycles. The van der Waals surface area contributed by atoms with Crippen LogP contribution in [0, 0.1) is 29.6 Å². The molecule has 11 unspecified atom stereocenters. The Morgan fingerprint density at radius 2 is 2.00 bits per heavy atom. The topological polar surface area (TPSA) is 173 Å². The van der Waals surface area contributed by atoms with E-state index in [0.29, 0.717) is 37.3 Å². The molecule has 7 N–H and O–H groups in total. The predicted molar refractivity (Wildman–Crippen MR) is 168 cm³/mol. The van der Waals surface area contributed by atoms with Gasteiger partial charge in [-0.2, -0.15) is 0 Å². The summed E-state index contributed by atoms with van der Waals surface area (Å²) in [4.78, 5) is 27.1. The molecule has 0 aromatic heterocycles. The van der Waals surface area contributed by atoms with Crippen molar-refractivity contribution in [1.29, 1.82) is 0 Å². The number of allylic oxidation sites excluding steroid dienone is 1. The van der Waals surface area contributed by atoms with Crippen LogP contribution in [0.2, 0.25) is 0 Å². The summed E-state index contributed by atoms with van der Waals surface area (Å²) in [5, 5.41) is 39.2. The number of Topliss-reactive ketones (excluding diaryl/α,β-unsaturated/α-hetero) is 1. The first-order valence-electron chi connectivity index (χ1n) is 17.5. The van der Waals surface area contributed by atoms with Crippen molar-refractivity contribution in [3.05, 3.63) is 11.6 Å². The maximum Gasteiger partial charge on any atom is 0.335 e. The van der Waals surface area contributed by atoms with Gasteiger partial charge in [-0.05, 0) is 90.1 Å². The highest BCUT2D eigenvalue weighted by Crippen LogP contribution is 2.53. The molecule has 3 saturated heterocycles. The predicted octanol–water partition coefficient (Wildman–Crippen LogP) is 1.56. The Hall–Kier alpha value is -1.44. The second kappa shape index (κ2) is 15.2. The van der Waals surface area contributed by atoms with E-state index < -0.39 is 60.0 Å². The SMILES string of the molecule is CC=C(CNCC)C(=O)O[C@H]1CC2C(O)C3C(=O)CC(CO)OC3C(C3CCCC(O)C3)C2O[C@@]1(C)CCC1CCC(N)NC1. The lowest BCUT2D eigenvalue weighted by molar-refractivity contribution is -0.292. The molecule has 0 spiro atoms. The molecular formula is C34H57N3O8. The number of aliphatic hydroxyl groups excluding tert-OH is 3. The zero-order valence-electron chi connectivity index (χ0n) is 27.4. The van der Waals surface area contributed by atoms with Gasteiger partial charge in [0.2, 0.25) is 0 Å². The van der Waals surface area contributed by atoms with Gasteiger partial charge in [0.1, 0.15) is 17.5 Å². The average Bonchev–Trinajstić information content (AvgIpc) is 3.02. The van der Waals surface area contributed by atoms with E-state index in [1.165, 1.54) is 0 Å². The van der Waals surface area contributed by atoms with E-state index >= 15 is 0 Å². The Morgan fingerprint density at radius 1 is 1.20 bits per heavy atom. The Kier molecular flexibility index (Phi) is 11.8. The van der Waals surface area contributed by atoms with E-state index in [-0.39, 0.29) is 36.8 Å². The van der Waals surface area contributed by atoms with E-state index in [1.54, 1.807) is 6.08 Å². The second-order valence-corrected chi connectivity index (χ2v) is 14.5. The number of likely N-dealkylation sites (N-methyl/N-ethyl adjacent to an activating group) is 1. The summed E-state index contributed by atoms with van der Waals surface area (Å²) >= 11 is 0. The normalized spacial score (nSPS) is 44.2. The number of piperidine rings is 1. The molecule has 5 fully saturated rings. The molecule has 0 aromatic rings. The van der Waals surface area contributed by atoms with Gasteiger partial charge >= 0.3 is 5.97 Å². The Bertz CT molecular complexity index is 1050. The summed E-state index contributed by atoms with van der Waals surface area (Å²) < 4.78 is 19.9. The van der Waals surface area contributed by atoms with Crippen LogP contribution in [0.15, 0.2) is 11.6 Å². The highest BCUT2D eigenvalue weighted by molar-refractivity contribution is 5.89. The number of hydrogen-bond donors (Lipinski definition) is 6. The van der Waals surface area contributed by atoms with Crippen LogP contribution in [0.3, 0.4) is 0 Å². The molecule has 5 aliphatic rings. The van der Waals surface area contributed by atoms with Crippen LogP contribution in [0.4, 0.5) is 0 Å². The van der Waals surface area contributed by atoms with E-state index in [4.69, 9.17) is 19.9 Å². The maximum absolute atomic E-state index is 13.5. The second-order valence-electron chi connectivity index (χ2n) is 14.5. The summed E-state index contributed by atoms with van der Waals surface area (Å²) in [5.74, 6) is -1.51. The largest absolute Gasteiger partial charge is 0.456 e. The van der Waals surface area contributed by atoms with E-state index in [1.807, 2.05) is 20.8 Å². The molecular weight excluding hydrogens is 578 g/mol. The van der Waals surface area contributed by atoms with Crippen LogP contribution in [0.25, 0.3) is 0 Å². The third-order valence-corrected chi connectivity index (χ3v) is 11.5. The lowest BCUT2D eigenvalue weighted by atomic mass is 9.58. The first-order chi connectivity index (χ1) is 21.6. The van der Waals surface area contributed by atoms with Crippen LogP contribution in [-0.2, 0) is 23.8 Å². The van der Waals surface area contributed by atoms with Crippen molar-refractivity contribution in [3.63, 3.8) is 0 Å². The van der Waals surface area contributed by atoms with Crippen LogP contribution >= 0.6 is 0 Å². The van der Waals surface area contributed by atoms with Gasteiger partial charge in [0.25, 0.3) is 0 Å². The number of ether oxygens (including phenoxy) is 3. The molecule has 0 bridgehead atoms. The quantitative estimate of drug-likeness (QED) is 0.152. The van der Waals surface area contributed by atoms with Crippen molar-refractivity contribution in [3.8, 4) is 0 Å². The lowest BCUT2D eigenvalue weighted by Crippen LogP contribution is -2.69. The van der Waals surface area contributed by atoms with Crippen molar-refractivity contribution in [2.24, 2.45) is 35.3 Å². The molecule has 11 nitrogen and oxygen atoms in total. The van der Waals surface area contributed by atoms with Gasteiger partial charge in [0, 0.05) is 30.4 Å². The zero-order chi connectivity index (χ0) is 32.3. The van der Waals surface area contributed by atoms with Crippen molar-refractivity contribution in [2.75, 3.05) is 26.2 Å². The van der Waals surface area contributed by atoms with Gasteiger partial charge in [-0.25, -0.2) is 4.79 Å². The number of hydrogen-bond acceptors (Lipinski definition) is 11. The fourth-order valence-corrected chi connectivity index (χ4v) is 8.89. The third kappa shape index (κ3) is 7.67. The summed E-state index contributed by atoms with van der Waals surface area (Å²) in [5.41, 5.74) is 5.77. The van der Waals surface area contributed by atoms with Crippen LogP contribution in [-0.4, -0.2) is 102 Å². The molecule has 2 saturated carbocycles.